The highest BCUT2D eigenvalue weighted by Crippen LogP contribution is 2.31. The molecule has 0 saturated carbocycles. The Labute approximate surface area is 231 Å². The molecule has 0 fully saturated rings. The molecule has 2 aromatic carbocycles. The smallest absolute Gasteiger partial charge is 0.490 e. The Morgan fingerprint density at radius 2 is 1.63 bits per heavy atom. The molecule has 0 amide bonds. The van der Waals surface area contributed by atoms with Crippen LogP contribution in [0.15, 0.2) is 71.9 Å². The van der Waals surface area contributed by atoms with E-state index in [2.05, 4.69) is 20.0 Å². The molecule has 1 heterocycles. The minimum atomic E-state index is -5.08. The summed E-state index contributed by atoms with van der Waals surface area (Å²) in [7, 11) is -3.95. The molecule has 0 spiro atoms. The van der Waals surface area contributed by atoms with E-state index in [9.17, 15) is 31.2 Å². The number of carboxylic acids is 1. The highest BCUT2D eigenvalue weighted by Gasteiger charge is 2.38. The number of alkyl halides is 3. The van der Waals surface area contributed by atoms with E-state index in [0.29, 0.717) is 12.4 Å². The maximum Gasteiger partial charge on any atom is 0.490 e. The fourth-order valence-electron chi connectivity index (χ4n) is 2.87. The van der Waals surface area contributed by atoms with Crippen molar-refractivity contribution < 1.29 is 50.6 Å². The number of carbonyl (C=O) groups excluding carboxylic acids is 2. The van der Waals surface area contributed by atoms with Crippen LogP contribution < -0.4 is 20.5 Å². The van der Waals surface area contributed by atoms with Crippen LogP contribution in [0, 0.1) is 0 Å². The summed E-state index contributed by atoms with van der Waals surface area (Å²) in [4.78, 5) is 42.1. The Morgan fingerprint density at radius 1 is 1.02 bits per heavy atom. The molecule has 5 N–H and O–H groups in total. The summed E-state index contributed by atoms with van der Waals surface area (Å²) >= 11 is 0. The second-order valence-corrected chi connectivity index (χ2v) is 9.33. The minimum absolute atomic E-state index is 0.00908. The molecule has 0 radical (unpaired) electrons. The van der Waals surface area contributed by atoms with Gasteiger partial charge in [-0.2, -0.15) is 17.9 Å². The average Bonchev–Trinajstić information content (AvgIpc) is 2.90. The number of anilines is 2. The third-order valence-electron chi connectivity index (χ3n) is 4.54. The number of aromatic nitrogens is 2. The molecule has 3 rings (SSSR count). The number of carbonyl (C=O) groups is 3. The Hall–Kier alpha value is -4.61. The molecule has 3 aromatic rings. The fraction of sp³-hybridized carbons (Fsp3) is 0.208. The number of esters is 2. The van der Waals surface area contributed by atoms with Gasteiger partial charge in [0.2, 0.25) is 16.0 Å². The van der Waals surface area contributed by atoms with E-state index in [1.54, 1.807) is 43.3 Å². The van der Waals surface area contributed by atoms with Crippen molar-refractivity contribution in [1.82, 2.24) is 14.7 Å². The van der Waals surface area contributed by atoms with E-state index in [4.69, 9.17) is 25.1 Å². The van der Waals surface area contributed by atoms with Crippen LogP contribution in [0.5, 0.6) is 5.75 Å². The van der Waals surface area contributed by atoms with Gasteiger partial charge in [0.1, 0.15) is 5.75 Å². The summed E-state index contributed by atoms with van der Waals surface area (Å²) in [5.41, 5.74) is 5.96. The van der Waals surface area contributed by atoms with Crippen molar-refractivity contribution in [3.8, 4) is 5.75 Å². The Morgan fingerprint density at radius 3 is 2.20 bits per heavy atom. The van der Waals surface area contributed by atoms with E-state index < -0.39 is 46.7 Å². The molecule has 1 atom stereocenters. The molecule has 13 nitrogen and oxygen atoms in total. The van der Waals surface area contributed by atoms with Crippen molar-refractivity contribution in [2.75, 3.05) is 11.9 Å². The number of hydrogen-bond donors (Lipinski definition) is 4. The number of aliphatic carboxylic acids is 1. The van der Waals surface area contributed by atoms with E-state index in [0.717, 1.165) is 0 Å². The number of sulfonamides is 1. The van der Waals surface area contributed by atoms with Crippen molar-refractivity contribution in [2.45, 2.75) is 30.6 Å². The summed E-state index contributed by atoms with van der Waals surface area (Å²) in [6.07, 6.45) is -3.94. The molecule has 0 aliphatic heterocycles. The van der Waals surface area contributed by atoms with Crippen molar-refractivity contribution in [3.63, 3.8) is 0 Å². The first kappa shape index (κ1) is 32.6. The summed E-state index contributed by atoms with van der Waals surface area (Å²) in [6, 6.07) is 13.8. The van der Waals surface area contributed by atoms with Crippen LogP contribution in [0.25, 0.3) is 0 Å². The molecule has 220 valence electrons. The van der Waals surface area contributed by atoms with Crippen LogP contribution in [0.4, 0.5) is 24.8 Å². The van der Waals surface area contributed by atoms with Gasteiger partial charge in [0.15, 0.2) is 0 Å². The lowest BCUT2D eigenvalue weighted by Crippen LogP contribution is -2.43. The molecular weight excluding hydrogens is 575 g/mol. The molecule has 0 saturated heterocycles. The van der Waals surface area contributed by atoms with Gasteiger partial charge in [0.05, 0.1) is 35.3 Å². The molecule has 0 aliphatic carbocycles. The molecular formula is C24H24F3N5O8S. The Balaban J connectivity index is 0.000000745. The lowest BCUT2D eigenvalue weighted by molar-refractivity contribution is -0.192. The number of halogens is 3. The van der Waals surface area contributed by atoms with Gasteiger partial charge in [0.25, 0.3) is 0 Å². The second kappa shape index (κ2) is 14.7. The first-order chi connectivity index (χ1) is 19.2. The molecule has 0 bridgehead atoms. The summed E-state index contributed by atoms with van der Waals surface area (Å²) in [6.45, 7) is 2.09. The van der Waals surface area contributed by atoms with Crippen LogP contribution >= 0.6 is 0 Å². The van der Waals surface area contributed by atoms with Crippen molar-refractivity contribution in [2.24, 2.45) is 5.73 Å². The number of para-hydroxylation sites is 1. The maximum atomic E-state index is 12.8. The Bertz CT molecular complexity index is 1440. The van der Waals surface area contributed by atoms with Gasteiger partial charge in [-0.3, -0.25) is 4.79 Å². The van der Waals surface area contributed by atoms with Gasteiger partial charge in [-0.1, -0.05) is 24.3 Å². The lowest BCUT2D eigenvalue weighted by atomic mass is 10.1. The Kier molecular flexibility index (Phi) is 11.7. The number of nitrogens with one attached hydrogen (secondary N) is 2. The zero-order valence-corrected chi connectivity index (χ0v) is 22.0. The predicted octanol–water partition coefficient (Wildman–Crippen LogP) is 2.59. The lowest BCUT2D eigenvalue weighted by Gasteiger charge is -2.16. The first-order valence-electron chi connectivity index (χ1n) is 11.4. The minimum Gasteiger partial charge on any atom is -0.492 e. The number of benzene rings is 2. The van der Waals surface area contributed by atoms with Crippen LogP contribution in [-0.4, -0.2) is 60.3 Å². The third-order valence-corrected chi connectivity index (χ3v) is 6.05. The largest absolute Gasteiger partial charge is 0.492 e. The number of rotatable bonds is 10. The standard InChI is InChI=1S/C22H23N5O6S.C2HF3O2/c1-2-32-17-11-6-10-16(20(17)26-22-24-12-7-13-25-22)21(29)33-19(28)14-18(23)27-34(30,31)15-8-4-3-5-9-15;3-2(4,5)1(6)7/h3-13,18,27H,2,14,23H2,1H3,(H,24,25,26);(H,6,7)/t18-;/m0./s1. The van der Waals surface area contributed by atoms with E-state index >= 15 is 0 Å². The predicted molar refractivity (Wildman–Crippen MR) is 136 cm³/mol. The SMILES string of the molecule is CCOc1cccc(C(=O)OC(=O)C[C@@H](N)NS(=O)(=O)c2ccccc2)c1Nc1ncccn1.O=C(O)C(F)(F)F. The van der Waals surface area contributed by atoms with Gasteiger partial charge in [-0.15, -0.1) is 0 Å². The average molecular weight is 600 g/mol. The summed E-state index contributed by atoms with van der Waals surface area (Å²) in [5, 5.41) is 10.0. The van der Waals surface area contributed by atoms with Gasteiger partial charge in [-0.25, -0.2) is 28.0 Å². The second-order valence-electron chi connectivity index (χ2n) is 7.62. The van der Waals surface area contributed by atoms with E-state index in [1.807, 2.05) is 0 Å². The van der Waals surface area contributed by atoms with Gasteiger partial charge in [0, 0.05) is 12.4 Å². The third kappa shape index (κ3) is 10.5. The first-order valence-corrected chi connectivity index (χ1v) is 12.9. The van der Waals surface area contributed by atoms with Crippen molar-refractivity contribution in [1.29, 1.82) is 0 Å². The maximum absolute atomic E-state index is 12.8. The number of nitrogens with zero attached hydrogens (tertiary/aromatic N) is 2. The van der Waals surface area contributed by atoms with Gasteiger partial charge < -0.3 is 25.6 Å². The van der Waals surface area contributed by atoms with Crippen molar-refractivity contribution in [3.05, 3.63) is 72.6 Å². The number of carboxylic acid groups (broad SMARTS) is 1. The zero-order chi connectivity index (χ0) is 30.6. The van der Waals surface area contributed by atoms with Crippen LogP contribution in [0.1, 0.15) is 23.7 Å². The monoisotopic (exact) mass is 599 g/mol. The molecule has 17 heteroatoms. The normalized spacial score (nSPS) is 11.8. The highest BCUT2D eigenvalue weighted by atomic mass is 32.2. The summed E-state index contributed by atoms with van der Waals surface area (Å²) < 4.78 is 69.1. The van der Waals surface area contributed by atoms with E-state index in [1.165, 1.54) is 30.6 Å². The molecule has 0 aliphatic rings. The van der Waals surface area contributed by atoms with Crippen LogP contribution in [0.2, 0.25) is 0 Å². The number of ether oxygens (including phenoxy) is 2. The van der Waals surface area contributed by atoms with Crippen LogP contribution in [0.3, 0.4) is 0 Å². The van der Waals surface area contributed by atoms with E-state index in [-0.39, 0.29) is 22.1 Å². The number of hydrogen-bond acceptors (Lipinski definition) is 11. The summed E-state index contributed by atoms with van der Waals surface area (Å²) in [5.74, 6) is -4.23. The van der Waals surface area contributed by atoms with Crippen LogP contribution in [-0.2, 0) is 24.3 Å². The quantitative estimate of drug-likeness (QED) is 0.151. The zero-order valence-electron chi connectivity index (χ0n) is 21.2. The molecule has 0 unspecified atom stereocenters. The topological polar surface area (TPSA) is 200 Å². The van der Waals surface area contributed by atoms with Crippen molar-refractivity contribution >= 4 is 39.6 Å². The molecule has 41 heavy (non-hydrogen) atoms. The van der Waals surface area contributed by atoms with Gasteiger partial charge in [-0.05, 0) is 37.3 Å². The fourth-order valence-corrected chi connectivity index (χ4v) is 4.00. The number of nitrogens with two attached hydrogens (primary N) is 1. The highest BCUT2D eigenvalue weighted by molar-refractivity contribution is 7.89. The molecule has 1 aromatic heterocycles. The van der Waals surface area contributed by atoms with Gasteiger partial charge >= 0.3 is 24.1 Å².